The van der Waals surface area contributed by atoms with Crippen molar-refractivity contribution in [3.8, 4) is 5.75 Å². The van der Waals surface area contributed by atoms with Gasteiger partial charge in [0, 0.05) is 6.04 Å². The predicted molar refractivity (Wildman–Crippen MR) is 84.9 cm³/mol. The van der Waals surface area contributed by atoms with Crippen molar-refractivity contribution in [3.63, 3.8) is 0 Å². The van der Waals surface area contributed by atoms with Crippen LogP contribution in [0.1, 0.15) is 64.0 Å². The quantitative estimate of drug-likeness (QED) is 0.817. The summed E-state index contributed by atoms with van der Waals surface area (Å²) in [5, 5.41) is 0. The molecule has 1 fully saturated rings. The third-order valence-electron chi connectivity index (χ3n) is 4.65. The first-order valence-corrected chi connectivity index (χ1v) is 8.22. The zero-order valence-corrected chi connectivity index (χ0v) is 13.0. The maximum absolute atomic E-state index is 6.50. The van der Waals surface area contributed by atoms with Crippen LogP contribution >= 0.6 is 0 Å². The van der Waals surface area contributed by atoms with Gasteiger partial charge in [-0.05, 0) is 48.8 Å². The fraction of sp³-hybridized carbons (Fsp3) is 0.667. The first-order chi connectivity index (χ1) is 9.74. The molecule has 0 amide bonds. The fourth-order valence-corrected chi connectivity index (χ4v) is 3.31. The van der Waals surface area contributed by atoms with Gasteiger partial charge in [0.2, 0.25) is 0 Å². The summed E-state index contributed by atoms with van der Waals surface area (Å²) < 4.78 is 5.63. The number of nitrogens with two attached hydrogens (primary N) is 1. The molecule has 0 heterocycles. The van der Waals surface area contributed by atoms with Crippen molar-refractivity contribution in [2.45, 2.75) is 58.4 Å². The lowest BCUT2D eigenvalue weighted by Gasteiger charge is -2.32. The second-order valence-electron chi connectivity index (χ2n) is 6.14. The van der Waals surface area contributed by atoms with Crippen LogP contribution in [0.15, 0.2) is 24.3 Å². The summed E-state index contributed by atoms with van der Waals surface area (Å²) >= 11 is 0. The Hall–Kier alpha value is -1.02. The molecule has 3 unspecified atom stereocenters. The van der Waals surface area contributed by atoms with Gasteiger partial charge >= 0.3 is 0 Å². The smallest absolute Gasteiger partial charge is 0.119 e. The fourth-order valence-electron chi connectivity index (χ4n) is 3.31. The molecule has 0 bridgehead atoms. The van der Waals surface area contributed by atoms with Crippen LogP contribution in [0.5, 0.6) is 5.75 Å². The average Bonchev–Trinajstić information content (AvgIpc) is 2.52. The minimum absolute atomic E-state index is 0.185. The maximum atomic E-state index is 6.50. The third kappa shape index (κ3) is 3.99. The Kier molecular flexibility index (Phi) is 5.90. The highest BCUT2D eigenvalue weighted by molar-refractivity contribution is 5.29. The van der Waals surface area contributed by atoms with Gasteiger partial charge in [0.15, 0.2) is 0 Å². The van der Waals surface area contributed by atoms with E-state index in [0.717, 1.165) is 24.7 Å². The molecule has 1 saturated carbocycles. The van der Waals surface area contributed by atoms with Crippen LogP contribution in [0.25, 0.3) is 0 Å². The summed E-state index contributed by atoms with van der Waals surface area (Å²) in [7, 11) is 0. The molecule has 112 valence electrons. The van der Waals surface area contributed by atoms with Crippen LogP contribution in [0.3, 0.4) is 0 Å². The molecule has 0 saturated heterocycles. The van der Waals surface area contributed by atoms with Crippen molar-refractivity contribution in [1.29, 1.82) is 0 Å². The van der Waals surface area contributed by atoms with E-state index in [-0.39, 0.29) is 6.04 Å². The van der Waals surface area contributed by atoms with Crippen LogP contribution in [-0.4, -0.2) is 6.61 Å². The minimum Gasteiger partial charge on any atom is -0.494 e. The van der Waals surface area contributed by atoms with Crippen LogP contribution in [0.4, 0.5) is 0 Å². The lowest BCUT2D eigenvalue weighted by molar-refractivity contribution is 0.230. The first-order valence-electron chi connectivity index (χ1n) is 8.22. The maximum Gasteiger partial charge on any atom is 0.119 e. The monoisotopic (exact) mass is 275 g/mol. The van der Waals surface area contributed by atoms with Gasteiger partial charge in [0.05, 0.1) is 6.61 Å². The van der Waals surface area contributed by atoms with E-state index in [1.165, 1.54) is 37.7 Å². The van der Waals surface area contributed by atoms with Gasteiger partial charge in [-0.1, -0.05) is 45.2 Å². The van der Waals surface area contributed by atoms with Gasteiger partial charge in [-0.25, -0.2) is 0 Å². The first kappa shape index (κ1) is 15.4. The van der Waals surface area contributed by atoms with Crippen LogP contribution in [0.2, 0.25) is 0 Å². The second-order valence-corrected chi connectivity index (χ2v) is 6.14. The summed E-state index contributed by atoms with van der Waals surface area (Å²) in [6.45, 7) is 5.21. The Morgan fingerprint density at radius 1 is 1.20 bits per heavy atom. The Morgan fingerprint density at radius 3 is 2.60 bits per heavy atom. The normalized spacial score (nSPS) is 24.4. The molecule has 2 N–H and O–H groups in total. The molecule has 0 aliphatic heterocycles. The molecule has 3 atom stereocenters. The van der Waals surface area contributed by atoms with Gasteiger partial charge in [-0.15, -0.1) is 0 Å². The van der Waals surface area contributed by atoms with E-state index >= 15 is 0 Å². The largest absolute Gasteiger partial charge is 0.494 e. The summed E-state index contributed by atoms with van der Waals surface area (Å²) in [6.07, 6.45) is 7.66. The predicted octanol–water partition coefficient (Wildman–Crippen LogP) is 4.69. The zero-order valence-electron chi connectivity index (χ0n) is 13.0. The van der Waals surface area contributed by atoms with E-state index in [1.54, 1.807) is 0 Å². The Labute approximate surface area is 123 Å². The molecule has 1 aromatic rings. The lowest BCUT2D eigenvalue weighted by Crippen LogP contribution is -2.26. The number of hydrogen-bond donors (Lipinski definition) is 1. The highest BCUT2D eigenvalue weighted by Gasteiger charge is 2.26. The van der Waals surface area contributed by atoms with E-state index < -0.39 is 0 Å². The standard InChI is InChI=1S/C18H29NO/c1-3-12-20-17-10-8-15(9-11-17)18(19)16-7-5-6-14(4-2)13-16/h8-11,14,16,18H,3-7,12-13,19H2,1-2H3. The molecule has 2 heteroatoms. The molecule has 2 nitrogen and oxygen atoms in total. The van der Waals surface area contributed by atoms with Gasteiger partial charge < -0.3 is 10.5 Å². The number of rotatable bonds is 6. The van der Waals surface area contributed by atoms with Crippen LogP contribution in [-0.2, 0) is 0 Å². The average molecular weight is 275 g/mol. The summed E-state index contributed by atoms with van der Waals surface area (Å²) in [5.41, 5.74) is 7.76. The Morgan fingerprint density at radius 2 is 1.95 bits per heavy atom. The van der Waals surface area contributed by atoms with E-state index in [1.807, 2.05) is 0 Å². The number of ether oxygens (including phenoxy) is 1. The van der Waals surface area contributed by atoms with Crippen molar-refractivity contribution in [2.24, 2.45) is 17.6 Å². The van der Waals surface area contributed by atoms with Crippen molar-refractivity contribution < 1.29 is 4.74 Å². The molecule has 0 spiro atoms. The molecule has 20 heavy (non-hydrogen) atoms. The van der Waals surface area contributed by atoms with Gasteiger partial charge in [0.1, 0.15) is 5.75 Å². The molecular formula is C18H29NO. The van der Waals surface area contributed by atoms with E-state index in [0.29, 0.717) is 5.92 Å². The number of hydrogen-bond acceptors (Lipinski definition) is 2. The molecule has 1 aliphatic carbocycles. The van der Waals surface area contributed by atoms with Crippen molar-refractivity contribution in [3.05, 3.63) is 29.8 Å². The summed E-state index contributed by atoms with van der Waals surface area (Å²) in [6, 6.07) is 8.59. The third-order valence-corrected chi connectivity index (χ3v) is 4.65. The molecule has 1 aliphatic rings. The van der Waals surface area contributed by atoms with Crippen LogP contribution in [0, 0.1) is 11.8 Å². The van der Waals surface area contributed by atoms with Crippen molar-refractivity contribution >= 4 is 0 Å². The highest BCUT2D eigenvalue weighted by Crippen LogP contribution is 2.37. The van der Waals surface area contributed by atoms with E-state index in [2.05, 4.69) is 38.1 Å². The molecule has 2 rings (SSSR count). The van der Waals surface area contributed by atoms with Gasteiger partial charge in [-0.3, -0.25) is 0 Å². The highest BCUT2D eigenvalue weighted by atomic mass is 16.5. The van der Waals surface area contributed by atoms with Crippen molar-refractivity contribution in [2.75, 3.05) is 6.61 Å². The lowest BCUT2D eigenvalue weighted by atomic mass is 9.75. The van der Waals surface area contributed by atoms with E-state index in [4.69, 9.17) is 10.5 Å². The topological polar surface area (TPSA) is 35.2 Å². The molecule has 1 aromatic carbocycles. The second kappa shape index (κ2) is 7.68. The molecule has 0 aromatic heterocycles. The van der Waals surface area contributed by atoms with Crippen LogP contribution < -0.4 is 10.5 Å². The Balaban J connectivity index is 1.95. The Bertz CT molecular complexity index is 387. The minimum atomic E-state index is 0.185. The van der Waals surface area contributed by atoms with Gasteiger partial charge in [-0.2, -0.15) is 0 Å². The zero-order chi connectivity index (χ0) is 14.4. The molecular weight excluding hydrogens is 246 g/mol. The summed E-state index contributed by atoms with van der Waals surface area (Å²) in [4.78, 5) is 0. The SMILES string of the molecule is CCCOc1ccc(C(N)C2CCCC(CC)C2)cc1. The number of benzene rings is 1. The van der Waals surface area contributed by atoms with Crippen molar-refractivity contribution in [1.82, 2.24) is 0 Å². The summed E-state index contributed by atoms with van der Waals surface area (Å²) in [5.74, 6) is 2.49. The van der Waals surface area contributed by atoms with Gasteiger partial charge in [0.25, 0.3) is 0 Å². The molecule has 0 radical (unpaired) electrons. The van der Waals surface area contributed by atoms with E-state index in [9.17, 15) is 0 Å².